The van der Waals surface area contributed by atoms with Crippen LogP contribution in [0.2, 0.25) is 0 Å². The predicted octanol–water partition coefficient (Wildman–Crippen LogP) is 4.93. The minimum atomic E-state index is -0.375. The zero-order valence-electron chi connectivity index (χ0n) is 15.2. The fraction of sp³-hybridized carbons (Fsp3) is 0.250. The first-order valence-corrected chi connectivity index (χ1v) is 8.23. The van der Waals surface area contributed by atoms with Crippen molar-refractivity contribution in [3.05, 3.63) is 52.7 Å². The highest BCUT2D eigenvalue weighted by Gasteiger charge is 2.12. The molecular formula is C20H24O5. The minimum Gasteiger partial charge on any atom is -0.508 e. The molecule has 0 saturated carbocycles. The molecule has 5 nitrogen and oxygen atoms in total. The van der Waals surface area contributed by atoms with Crippen molar-refractivity contribution in [2.24, 2.45) is 0 Å². The summed E-state index contributed by atoms with van der Waals surface area (Å²) in [6.45, 7) is 8.00. The normalized spacial score (nSPS) is 9.48. The maximum atomic E-state index is 12.1. The van der Waals surface area contributed by atoms with Crippen molar-refractivity contribution >= 4 is 11.0 Å². The van der Waals surface area contributed by atoms with Gasteiger partial charge < -0.3 is 19.4 Å². The predicted molar refractivity (Wildman–Crippen MR) is 100 cm³/mol. The minimum absolute atomic E-state index is 0.0464. The lowest BCUT2D eigenvalue weighted by molar-refractivity contribution is 0.415. The van der Waals surface area contributed by atoms with Gasteiger partial charge in [-0.25, -0.2) is 0 Å². The van der Waals surface area contributed by atoms with Crippen LogP contribution < -0.4 is 10.2 Å². The van der Waals surface area contributed by atoms with E-state index in [9.17, 15) is 15.0 Å². The van der Waals surface area contributed by atoms with E-state index in [1.54, 1.807) is 31.4 Å². The van der Waals surface area contributed by atoms with Crippen LogP contribution in [0.1, 0.15) is 27.7 Å². The smallest absolute Gasteiger partial charge is 0.197 e. The first-order valence-electron chi connectivity index (χ1n) is 8.23. The molecule has 25 heavy (non-hydrogen) atoms. The van der Waals surface area contributed by atoms with Crippen LogP contribution in [0.4, 0.5) is 0 Å². The molecule has 2 N–H and O–H groups in total. The van der Waals surface area contributed by atoms with Crippen LogP contribution in [-0.4, -0.2) is 17.3 Å². The Bertz CT molecular complexity index is 864. The largest absolute Gasteiger partial charge is 0.508 e. The molecule has 0 fully saturated rings. The monoisotopic (exact) mass is 344 g/mol. The SMILES string of the molecule is CC.CC.COc1ccc(-c2cc(=O)c3c(O)cc(O)cc3o2)cc1. The third-order valence-corrected chi connectivity index (χ3v) is 3.17. The van der Waals surface area contributed by atoms with Gasteiger partial charge in [-0.2, -0.15) is 0 Å². The van der Waals surface area contributed by atoms with Crippen molar-refractivity contribution in [3.63, 3.8) is 0 Å². The molecule has 0 amide bonds. The summed E-state index contributed by atoms with van der Waals surface area (Å²) in [5.74, 6) is 0.562. The van der Waals surface area contributed by atoms with E-state index in [0.717, 1.165) is 6.07 Å². The zero-order chi connectivity index (χ0) is 19.0. The number of hydrogen-bond donors (Lipinski definition) is 2. The second-order valence-electron chi connectivity index (χ2n) is 4.54. The molecule has 0 saturated heterocycles. The van der Waals surface area contributed by atoms with Crippen molar-refractivity contribution in [1.29, 1.82) is 0 Å². The summed E-state index contributed by atoms with van der Waals surface area (Å²) < 4.78 is 10.7. The van der Waals surface area contributed by atoms with Crippen LogP contribution in [0.15, 0.2) is 51.7 Å². The molecule has 0 atom stereocenters. The lowest BCUT2D eigenvalue weighted by Gasteiger charge is -2.06. The van der Waals surface area contributed by atoms with Crippen LogP contribution in [0.5, 0.6) is 17.2 Å². The highest BCUT2D eigenvalue weighted by atomic mass is 16.5. The lowest BCUT2D eigenvalue weighted by atomic mass is 10.1. The Labute approximate surface area is 147 Å². The molecule has 1 heterocycles. The van der Waals surface area contributed by atoms with E-state index in [0.29, 0.717) is 17.1 Å². The van der Waals surface area contributed by atoms with E-state index in [4.69, 9.17) is 9.15 Å². The number of phenols is 2. The third kappa shape index (κ3) is 4.53. The zero-order valence-corrected chi connectivity index (χ0v) is 15.2. The second kappa shape index (κ2) is 9.37. The first kappa shape index (κ1) is 20.1. The van der Waals surface area contributed by atoms with Gasteiger partial charge >= 0.3 is 0 Å². The maximum Gasteiger partial charge on any atom is 0.197 e. The van der Waals surface area contributed by atoms with E-state index >= 15 is 0 Å². The number of phenolic OH excluding ortho intramolecular Hbond substituents is 2. The van der Waals surface area contributed by atoms with Crippen molar-refractivity contribution in [2.45, 2.75) is 27.7 Å². The number of hydrogen-bond acceptors (Lipinski definition) is 5. The van der Waals surface area contributed by atoms with Gasteiger partial charge in [-0.15, -0.1) is 0 Å². The molecular weight excluding hydrogens is 320 g/mol. The van der Waals surface area contributed by atoms with Gasteiger partial charge in [0.25, 0.3) is 0 Å². The average molecular weight is 344 g/mol. The fourth-order valence-electron chi connectivity index (χ4n) is 2.15. The van der Waals surface area contributed by atoms with Gasteiger partial charge in [0.1, 0.15) is 34.0 Å². The Kier molecular flexibility index (Phi) is 7.53. The molecule has 0 bridgehead atoms. The number of methoxy groups -OCH3 is 1. The number of fused-ring (bicyclic) bond motifs is 1. The van der Waals surface area contributed by atoms with E-state index in [1.165, 1.54) is 12.1 Å². The second-order valence-corrected chi connectivity index (χ2v) is 4.54. The Morgan fingerprint density at radius 3 is 2.08 bits per heavy atom. The summed E-state index contributed by atoms with van der Waals surface area (Å²) in [7, 11) is 1.57. The van der Waals surface area contributed by atoms with Crippen LogP contribution in [0.3, 0.4) is 0 Å². The van der Waals surface area contributed by atoms with Crippen molar-refractivity contribution in [1.82, 2.24) is 0 Å². The molecule has 0 aliphatic heterocycles. The molecule has 3 rings (SSSR count). The van der Waals surface area contributed by atoms with Crippen molar-refractivity contribution in [2.75, 3.05) is 7.11 Å². The number of aromatic hydroxyl groups is 2. The van der Waals surface area contributed by atoms with Gasteiger partial charge in [0.15, 0.2) is 5.43 Å². The summed E-state index contributed by atoms with van der Waals surface area (Å²) >= 11 is 0. The van der Waals surface area contributed by atoms with Crippen LogP contribution in [-0.2, 0) is 0 Å². The number of benzene rings is 2. The van der Waals surface area contributed by atoms with Gasteiger partial charge in [-0.05, 0) is 24.3 Å². The summed E-state index contributed by atoms with van der Waals surface area (Å²) in [5.41, 5.74) is 0.447. The summed E-state index contributed by atoms with van der Waals surface area (Å²) in [6.07, 6.45) is 0. The Hall–Kier alpha value is -2.95. The summed E-state index contributed by atoms with van der Waals surface area (Å²) in [5, 5.41) is 19.3. The van der Waals surface area contributed by atoms with Crippen molar-refractivity contribution in [3.8, 4) is 28.6 Å². The van der Waals surface area contributed by atoms with Crippen molar-refractivity contribution < 1.29 is 19.4 Å². The molecule has 0 spiro atoms. The van der Waals surface area contributed by atoms with Gasteiger partial charge in [0.05, 0.1) is 7.11 Å². The molecule has 5 heteroatoms. The van der Waals surface area contributed by atoms with Crippen LogP contribution in [0, 0.1) is 0 Å². The molecule has 134 valence electrons. The fourth-order valence-corrected chi connectivity index (χ4v) is 2.15. The number of rotatable bonds is 2. The van der Waals surface area contributed by atoms with E-state index in [1.807, 2.05) is 27.7 Å². The molecule has 2 aromatic carbocycles. The van der Waals surface area contributed by atoms with Crippen LogP contribution in [0.25, 0.3) is 22.3 Å². The van der Waals surface area contributed by atoms with Gasteiger partial charge in [-0.3, -0.25) is 4.79 Å². The van der Waals surface area contributed by atoms with Gasteiger partial charge in [-0.1, -0.05) is 27.7 Å². The topological polar surface area (TPSA) is 79.9 Å². The molecule has 3 aromatic rings. The lowest BCUT2D eigenvalue weighted by Crippen LogP contribution is -2.00. The summed E-state index contributed by atoms with van der Waals surface area (Å²) in [6, 6.07) is 10.7. The molecule has 0 aliphatic carbocycles. The van der Waals surface area contributed by atoms with E-state index in [-0.39, 0.29) is 27.9 Å². The highest BCUT2D eigenvalue weighted by Crippen LogP contribution is 2.30. The Morgan fingerprint density at radius 2 is 1.52 bits per heavy atom. The molecule has 1 aromatic heterocycles. The molecule has 0 unspecified atom stereocenters. The van der Waals surface area contributed by atoms with E-state index in [2.05, 4.69) is 0 Å². The van der Waals surface area contributed by atoms with E-state index < -0.39 is 0 Å². The molecule has 0 aliphatic rings. The summed E-state index contributed by atoms with van der Waals surface area (Å²) in [4.78, 5) is 12.1. The highest BCUT2D eigenvalue weighted by molar-refractivity contribution is 5.85. The Balaban J connectivity index is 0.000000730. The first-order chi connectivity index (χ1) is 12.1. The van der Waals surface area contributed by atoms with Crippen LogP contribution >= 0.6 is 0 Å². The third-order valence-electron chi connectivity index (χ3n) is 3.17. The quantitative estimate of drug-likeness (QED) is 0.689. The molecule has 0 radical (unpaired) electrons. The Morgan fingerprint density at radius 1 is 0.920 bits per heavy atom. The number of ether oxygens (including phenoxy) is 1. The van der Waals surface area contributed by atoms with Gasteiger partial charge in [0, 0.05) is 23.8 Å². The standard InChI is InChI=1S/C16H12O5.2C2H6/c1-20-11-4-2-9(3-5-11)14-8-13(19)16-12(18)6-10(17)7-15(16)21-14;2*1-2/h2-8,17-18H,1H3;2*1-2H3. The van der Waals surface area contributed by atoms with Gasteiger partial charge in [0.2, 0.25) is 0 Å². The maximum absolute atomic E-state index is 12.1. The average Bonchev–Trinajstić information content (AvgIpc) is 2.64.